The quantitative estimate of drug-likeness (QED) is 0.479. The molecule has 1 saturated heterocycles. The fraction of sp³-hybridized carbons (Fsp3) is 0.417. The summed E-state index contributed by atoms with van der Waals surface area (Å²) in [6, 6.07) is 8.80. The van der Waals surface area contributed by atoms with Gasteiger partial charge in [0.25, 0.3) is 0 Å². The van der Waals surface area contributed by atoms with Gasteiger partial charge in [-0.25, -0.2) is 0 Å². The molecule has 1 fully saturated rings. The third kappa shape index (κ3) is 2.91. The summed E-state index contributed by atoms with van der Waals surface area (Å²) in [6.45, 7) is 0.0798. The number of carbonyl (C=O) groups is 1. The Hall–Kier alpha value is -1.79. The number of ether oxygens (including phenoxy) is 1. The molecule has 0 saturated carbocycles. The topological polar surface area (TPSA) is 81.5 Å². The second-order valence-corrected chi connectivity index (χ2v) is 4.17. The van der Waals surface area contributed by atoms with E-state index >= 15 is 0 Å². The lowest BCUT2D eigenvalue weighted by Crippen LogP contribution is -2.51. The largest absolute Gasteiger partial charge is 0.360 e. The second kappa shape index (κ2) is 5.70. The predicted octanol–water partition coefficient (Wildman–Crippen LogP) is 0.560. The van der Waals surface area contributed by atoms with Gasteiger partial charge in [-0.05, 0) is 5.56 Å². The zero-order valence-electron chi connectivity index (χ0n) is 9.69. The lowest BCUT2D eigenvalue weighted by Gasteiger charge is -2.33. The number of morpholine rings is 1. The summed E-state index contributed by atoms with van der Waals surface area (Å²) in [5, 5.41) is 13.6. The van der Waals surface area contributed by atoms with Gasteiger partial charge in [-0.2, -0.15) is 0 Å². The van der Waals surface area contributed by atoms with E-state index in [1.807, 2.05) is 30.3 Å². The zero-order valence-corrected chi connectivity index (χ0v) is 9.69. The Balaban J connectivity index is 2.19. The Morgan fingerprint density at radius 1 is 1.44 bits per heavy atom. The smallest absolute Gasteiger partial charge is 0.221 e. The molecule has 0 aromatic heterocycles. The van der Waals surface area contributed by atoms with Crippen molar-refractivity contribution >= 4 is 6.29 Å². The first-order chi connectivity index (χ1) is 8.70. The molecule has 1 aliphatic rings. The van der Waals surface area contributed by atoms with E-state index in [0.717, 1.165) is 5.56 Å². The molecule has 0 spiro atoms. The molecular weight excluding hydrogens is 236 g/mol. The van der Waals surface area contributed by atoms with Gasteiger partial charge in [0.05, 0.1) is 0 Å². The van der Waals surface area contributed by atoms with Gasteiger partial charge >= 0.3 is 0 Å². The maximum Gasteiger partial charge on any atom is 0.221 e. The van der Waals surface area contributed by atoms with Crippen LogP contribution in [0.4, 0.5) is 0 Å². The average Bonchev–Trinajstić information content (AvgIpc) is 2.39. The van der Waals surface area contributed by atoms with Crippen LogP contribution in [0.1, 0.15) is 11.7 Å². The molecule has 0 radical (unpaired) electrons. The fourth-order valence-electron chi connectivity index (χ4n) is 2.06. The first kappa shape index (κ1) is 12.7. The van der Waals surface area contributed by atoms with Crippen molar-refractivity contribution in [3.63, 3.8) is 0 Å². The summed E-state index contributed by atoms with van der Waals surface area (Å²) < 4.78 is 5.60. The first-order valence-corrected chi connectivity index (χ1v) is 5.71. The van der Waals surface area contributed by atoms with E-state index in [-0.39, 0.29) is 11.5 Å². The van der Waals surface area contributed by atoms with Crippen LogP contribution < -0.4 is 5.32 Å². The van der Waals surface area contributed by atoms with Crippen LogP contribution in [0.25, 0.3) is 0 Å². The van der Waals surface area contributed by atoms with Gasteiger partial charge in [-0.1, -0.05) is 30.3 Å². The second-order valence-electron chi connectivity index (χ2n) is 4.17. The molecule has 1 N–H and O–H groups in total. The molecule has 0 amide bonds. The zero-order chi connectivity index (χ0) is 13.0. The molecule has 96 valence electrons. The fourth-order valence-corrected chi connectivity index (χ4v) is 2.06. The molecule has 2 rings (SSSR count). The molecule has 1 aromatic carbocycles. The molecule has 1 unspecified atom stereocenters. The molecular formula is C12H14N2O4. The van der Waals surface area contributed by atoms with Gasteiger partial charge in [-0.15, -0.1) is 0 Å². The van der Waals surface area contributed by atoms with Crippen LogP contribution in [0.5, 0.6) is 0 Å². The SMILES string of the molecule is O=C[C@H]1CN[C@H](C[N+](=O)[O-])C(c2ccccc2)O1. The number of hydrogen-bond donors (Lipinski definition) is 1. The number of nitrogens with zero attached hydrogens (tertiary/aromatic N) is 1. The summed E-state index contributed by atoms with van der Waals surface area (Å²) >= 11 is 0. The van der Waals surface area contributed by atoms with Crippen molar-refractivity contribution in [3.05, 3.63) is 46.0 Å². The van der Waals surface area contributed by atoms with Gasteiger partial charge in [0, 0.05) is 11.5 Å². The van der Waals surface area contributed by atoms with Gasteiger partial charge < -0.3 is 14.8 Å². The van der Waals surface area contributed by atoms with Crippen LogP contribution in [0.15, 0.2) is 30.3 Å². The Kier molecular flexibility index (Phi) is 4.01. The van der Waals surface area contributed by atoms with Gasteiger partial charge in [-0.3, -0.25) is 10.1 Å². The van der Waals surface area contributed by atoms with Crippen molar-refractivity contribution in [1.29, 1.82) is 0 Å². The molecule has 1 aromatic rings. The van der Waals surface area contributed by atoms with Gasteiger partial charge in [0.1, 0.15) is 24.5 Å². The molecule has 0 aliphatic carbocycles. The molecule has 6 heteroatoms. The van der Waals surface area contributed by atoms with E-state index in [1.165, 1.54) is 0 Å². The van der Waals surface area contributed by atoms with Crippen molar-refractivity contribution in [1.82, 2.24) is 5.32 Å². The highest BCUT2D eigenvalue weighted by atomic mass is 16.6. The maximum absolute atomic E-state index is 10.8. The first-order valence-electron chi connectivity index (χ1n) is 5.71. The minimum atomic E-state index is -0.557. The highest BCUT2D eigenvalue weighted by Gasteiger charge is 2.34. The molecule has 6 nitrogen and oxygen atoms in total. The van der Waals surface area contributed by atoms with E-state index in [2.05, 4.69) is 5.32 Å². The van der Waals surface area contributed by atoms with E-state index in [0.29, 0.717) is 12.8 Å². The number of rotatable bonds is 4. The lowest BCUT2D eigenvalue weighted by atomic mass is 10.00. The van der Waals surface area contributed by atoms with E-state index in [9.17, 15) is 14.9 Å². The standard InChI is InChI=1S/C12H14N2O4/c15-8-10-6-13-11(7-14(16)17)12(18-10)9-4-2-1-3-5-9/h1-5,8,10-13H,6-7H2/t10-,11-,12?/m1/s1. The van der Waals surface area contributed by atoms with Crippen LogP contribution in [0.3, 0.4) is 0 Å². The maximum atomic E-state index is 10.8. The van der Waals surface area contributed by atoms with Crippen LogP contribution >= 0.6 is 0 Å². The Morgan fingerprint density at radius 2 is 2.17 bits per heavy atom. The normalized spacial score (nSPS) is 27.7. The van der Waals surface area contributed by atoms with Crippen molar-refractivity contribution in [2.75, 3.05) is 13.1 Å². The lowest BCUT2D eigenvalue weighted by molar-refractivity contribution is -0.487. The molecule has 1 heterocycles. The Morgan fingerprint density at radius 3 is 2.78 bits per heavy atom. The Bertz CT molecular complexity index is 423. The van der Waals surface area contributed by atoms with Crippen LogP contribution in [0, 0.1) is 10.1 Å². The third-order valence-corrected chi connectivity index (χ3v) is 2.89. The third-order valence-electron chi connectivity index (χ3n) is 2.89. The van der Waals surface area contributed by atoms with E-state index in [1.54, 1.807) is 0 Å². The minimum absolute atomic E-state index is 0.231. The number of nitrogens with one attached hydrogen (secondary N) is 1. The molecule has 0 bridgehead atoms. The number of nitro groups is 1. The number of aldehydes is 1. The summed E-state index contributed by atoms with van der Waals surface area (Å²) in [5.74, 6) is 0. The highest BCUT2D eigenvalue weighted by molar-refractivity contribution is 5.56. The van der Waals surface area contributed by atoms with Crippen LogP contribution in [-0.4, -0.2) is 36.4 Å². The minimum Gasteiger partial charge on any atom is -0.360 e. The Labute approximate surface area is 104 Å². The van der Waals surface area contributed by atoms with Crippen molar-refractivity contribution < 1.29 is 14.5 Å². The summed E-state index contributed by atoms with van der Waals surface area (Å²) in [4.78, 5) is 21.0. The van der Waals surface area contributed by atoms with Crippen molar-refractivity contribution in [2.24, 2.45) is 0 Å². The summed E-state index contributed by atoms with van der Waals surface area (Å²) in [5.41, 5.74) is 0.836. The van der Waals surface area contributed by atoms with E-state index in [4.69, 9.17) is 4.74 Å². The van der Waals surface area contributed by atoms with Gasteiger partial charge in [0.2, 0.25) is 6.54 Å². The van der Waals surface area contributed by atoms with Crippen molar-refractivity contribution in [2.45, 2.75) is 18.2 Å². The predicted molar refractivity (Wildman–Crippen MR) is 63.8 cm³/mol. The molecule has 3 atom stereocenters. The average molecular weight is 250 g/mol. The van der Waals surface area contributed by atoms with Crippen LogP contribution in [0.2, 0.25) is 0 Å². The summed E-state index contributed by atoms with van der Waals surface area (Å²) in [7, 11) is 0. The van der Waals surface area contributed by atoms with E-state index < -0.39 is 18.2 Å². The van der Waals surface area contributed by atoms with Gasteiger partial charge in [0.15, 0.2) is 0 Å². The highest BCUT2D eigenvalue weighted by Crippen LogP contribution is 2.25. The molecule has 1 aliphatic heterocycles. The number of hydrogen-bond acceptors (Lipinski definition) is 5. The number of benzene rings is 1. The van der Waals surface area contributed by atoms with Crippen molar-refractivity contribution in [3.8, 4) is 0 Å². The monoisotopic (exact) mass is 250 g/mol. The summed E-state index contributed by atoms with van der Waals surface area (Å²) in [6.07, 6.45) is -0.315. The van der Waals surface area contributed by atoms with Crippen LogP contribution in [-0.2, 0) is 9.53 Å². The molecule has 18 heavy (non-hydrogen) atoms. The number of carbonyl (C=O) groups excluding carboxylic acids is 1.